The van der Waals surface area contributed by atoms with Crippen molar-refractivity contribution in [1.29, 1.82) is 0 Å². The van der Waals surface area contributed by atoms with Crippen molar-refractivity contribution < 1.29 is 14.3 Å². The summed E-state index contributed by atoms with van der Waals surface area (Å²) in [7, 11) is 1.80. The lowest BCUT2D eigenvalue weighted by Crippen LogP contribution is -2.27. The van der Waals surface area contributed by atoms with Crippen molar-refractivity contribution in [3.63, 3.8) is 0 Å². The van der Waals surface area contributed by atoms with E-state index in [4.69, 9.17) is 9.47 Å². The van der Waals surface area contributed by atoms with Crippen molar-refractivity contribution in [2.75, 3.05) is 24.5 Å². The maximum absolute atomic E-state index is 12.2. The van der Waals surface area contributed by atoms with Gasteiger partial charge in [-0.25, -0.2) is 0 Å². The lowest BCUT2D eigenvalue weighted by atomic mass is 10.2. The quantitative estimate of drug-likeness (QED) is 0.848. The topological polar surface area (TPSA) is 38.8 Å². The van der Waals surface area contributed by atoms with E-state index in [0.717, 1.165) is 28.5 Å². The van der Waals surface area contributed by atoms with E-state index in [2.05, 4.69) is 0 Å². The fourth-order valence-electron chi connectivity index (χ4n) is 2.18. The zero-order valence-corrected chi connectivity index (χ0v) is 13.1. The predicted octanol–water partition coefficient (Wildman–Crippen LogP) is 3.31. The van der Waals surface area contributed by atoms with Gasteiger partial charge >= 0.3 is 0 Å². The monoisotopic (exact) mass is 315 g/mol. The highest BCUT2D eigenvalue weighted by Gasteiger charge is 2.14. The third-order valence-electron chi connectivity index (χ3n) is 3.45. The van der Waals surface area contributed by atoms with Gasteiger partial charge in [-0.3, -0.25) is 4.79 Å². The molecule has 114 valence electrons. The molecule has 0 fully saturated rings. The fraction of sp³-hybridized carbons (Fsp3) is 0.235. The van der Waals surface area contributed by atoms with Crippen LogP contribution in [0.1, 0.15) is 5.56 Å². The number of nitrogens with zero attached hydrogens (tertiary/aromatic N) is 1. The van der Waals surface area contributed by atoms with Gasteiger partial charge < -0.3 is 14.4 Å². The van der Waals surface area contributed by atoms with Crippen LogP contribution < -0.4 is 14.4 Å². The number of fused-ring (bicyclic) bond motifs is 1. The number of ether oxygens (including phenoxy) is 2. The molecule has 0 radical (unpaired) electrons. The molecular formula is C17H17NO3S. The number of carbonyl (C=O) groups excluding carboxylic acids is 1. The fourth-order valence-corrected chi connectivity index (χ4v) is 3.06. The molecule has 0 N–H and O–H groups in total. The minimum atomic E-state index is 0.0944. The summed E-state index contributed by atoms with van der Waals surface area (Å²) in [5.74, 6) is 2.88. The average Bonchev–Trinajstić information content (AvgIpc) is 3.02. The van der Waals surface area contributed by atoms with E-state index in [-0.39, 0.29) is 12.7 Å². The SMILES string of the molecule is CN(C(=O)CSCc1ccc2c(c1)OCO2)c1ccccc1. The molecule has 1 heterocycles. The minimum absolute atomic E-state index is 0.0944. The van der Waals surface area contributed by atoms with Gasteiger partial charge in [0.05, 0.1) is 5.75 Å². The smallest absolute Gasteiger partial charge is 0.236 e. The van der Waals surface area contributed by atoms with Gasteiger partial charge in [0.15, 0.2) is 11.5 Å². The first-order valence-corrected chi connectivity index (χ1v) is 8.17. The van der Waals surface area contributed by atoms with E-state index < -0.39 is 0 Å². The Morgan fingerprint density at radius 3 is 2.73 bits per heavy atom. The van der Waals surface area contributed by atoms with Gasteiger partial charge in [0.1, 0.15) is 0 Å². The number of carbonyl (C=O) groups is 1. The lowest BCUT2D eigenvalue weighted by molar-refractivity contribution is -0.115. The van der Waals surface area contributed by atoms with E-state index in [9.17, 15) is 4.79 Å². The Hall–Kier alpha value is -2.14. The number of hydrogen-bond donors (Lipinski definition) is 0. The molecule has 0 saturated carbocycles. The number of hydrogen-bond acceptors (Lipinski definition) is 4. The predicted molar refractivity (Wildman–Crippen MR) is 88.6 cm³/mol. The molecule has 0 spiro atoms. The van der Waals surface area contributed by atoms with Gasteiger partial charge in [0.25, 0.3) is 0 Å². The van der Waals surface area contributed by atoms with Crippen LogP contribution in [0.4, 0.5) is 5.69 Å². The second-order valence-electron chi connectivity index (χ2n) is 4.97. The Labute approximate surface area is 134 Å². The van der Waals surface area contributed by atoms with Gasteiger partial charge in [-0.15, -0.1) is 11.8 Å². The Bertz CT molecular complexity index is 660. The molecule has 0 saturated heterocycles. The maximum Gasteiger partial charge on any atom is 0.236 e. The Balaban J connectivity index is 1.51. The van der Waals surface area contributed by atoms with Crippen molar-refractivity contribution in [3.05, 3.63) is 54.1 Å². The molecule has 1 amide bonds. The first-order valence-electron chi connectivity index (χ1n) is 7.02. The summed E-state index contributed by atoms with van der Waals surface area (Å²) in [6.07, 6.45) is 0. The lowest BCUT2D eigenvalue weighted by Gasteiger charge is -2.16. The second kappa shape index (κ2) is 6.75. The molecule has 1 aliphatic rings. The molecule has 3 rings (SSSR count). The van der Waals surface area contributed by atoms with Gasteiger partial charge in [0.2, 0.25) is 12.7 Å². The van der Waals surface area contributed by atoms with E-state index in [1.165, 1.54) is 0 Å². The van der Waals surface area contributed by atoms with Crippen LogP contribution in [0.25, 0.3) is 0 Å². The highest BCUT2D eigenvalue weighted by Crippen LogP contribution is 2.33. The zero-order chi connectivity index (χ0) is 15.4. The van der Waals surface area contributed by atoms with Crippen LogP contribution in [0.5, 0.6) is 11.5 Å². The first kappa shape index (κ1) is 14.8. The molecule has 4 nitrogen and oxygen atoms in total. The highest BCUT2D eigenvalue weighted by molar-refractivity contribution is 7.99. The van der Waals surface area contributed by atoms with Crippen molar-refractivity contribution in [2.24, 2.45) is 0 Å². The summed E-state index contributed by atoms with van der Waals surface area (Å²) >= 11 is 1.60. The maximum atomic E-state index is 12.2. The van der Waals surface area contributed by atoms with Crippen molar-refractivity contribution in [1.82, 2.24) is 0 Å². The number of anilines is 1. The third-order valence-corrected chi connectivity index (χ3v) is 4.44. The largest absolute Gasteiger partial charge is 0.454 e. The third kappa shape index (κ3) is 3.36. The number of para-hydroxylation sites is 1. The average molecular weight is 315 g/mol. The molecule has 22 heavy (non-hydrogen) atoms. The highest BCUT2D eigenvalue weighted by atomic mass is 32.2. The first-order chi connectivity index (χ1) is 10.7. The number of benzene rings is 2. The molecule has 0 bridgehead atoms. The van der Waals surface area contributed by atoms with E-state index >= 15 is 0 Å². The molecule has 0 unspecified atom stereocenters. The summed E-state index contributed by atoms with van der Waals surface area (Å²) in [6, 6.07) is 15.6. The molecule has 0 aliphatic carbocycles. The summed E-state index contributed by atoms with van der Waals surface area (Å²) < 4.78 is 10.6. The number of amides is 1. The molecule has 0 aromatic heterocycles. The van der Waals surface area contributed by atoms with Crippen molar-refractivity contribution in [2.45, 2.75) is 5.75 Å². The Morgan fingerprint density at radius 1 is 1.14 bits per heavy atom. The van der Waals surface area contributed by atoms with E-state index in [1.54, 1.807) is 23.7 Å². The normalized spacial score (nSPS) is 12.2. The van der Waals surface area contributed by atoms with E-state index in [0.29, 0.717) is 5.75 Å². The molecule has 1 aliphatic heterocycles. The Kier molecular flexibility index (Phi) is 4.53. The molecule has 2 aromatic rings. The van der Waals surface area contributed by atoms with Gasteiger partial charge in [0, 0.05) is 18.5 Å². The zero-order valence-electron chi connectivity index (χ0n) is 12.3. The summed E-state index contributed by atoms with van der Waals surface area (Å²) in [6.45, 7) is 0.284. The molecule has 5 heteroatoms. The van der Waals surface area contributed by atoms with Crippen LogP contribution in [-0.4, -0.2) is 25.5 Å². The second-order valence-corrected chi connectivity index (χ2v) is 5.95. The molecular weight excluding hydrogens is 298 g/mol. The molecule has 2 aromatic carbocycles. The van der Waals surface area contributed by atoms with Crippen molar-refractivity contribution >= 4 is 23.4 Å². The van der Waals surface area contributed by atoms with Crippen LogP contribution in [0.2, 0.25) is 0 Å². The van der Waals surface area contributed by atoms with Gasteiger partial charge in [-0.1, -0.05) is 24.3 Å². The van der Waals surface area contributed by atoms with Gasteiger partial charge in [-0.2, -0.15) is 0 Å². The standard InChI is InChI=1S/C17H17NO3S/c1-18(14-5-3-2-4-6-14)17(19)11-22-10-13-7-8-15-16(9-13)21-12-20-15/h2-9H,10-12H2,1H3. The summed E-state index contributed by atoms with van der Waals surface area (Å²) in [4.78, 5) is 13.9. The molecule has 0 atom stereocenters. The number of rotatable bonds is 5. The minimum Gasteiger partial charge on any atom is -0.454 e. The van der Waals surface area contributed by atoms with Crippen LogP contribution in [0.15, 0.2) is 48.5 Å². The van der Waals surface area contributed by atoms with Crippen LogP contribution in [0, 0.1) is 0 Å². The number of thioether (sulfide) groups is 1. The van der Waals surface area contributed by atoms with Crippen LogP contribution in [-0.2, 0) is 10.5 Å². The Morgan fingerprint density at radius 2 is 1.91 bits per heavy atom. The van der Waals surface area contributed by atoms with Gasteiger partial charge in [-0.05, 0) is 29.8 Å². The van der Waals surface area contributed by atoms with E-state index in [1.807, 2.05) is 48.5 Å². The van der Waals surface area contributed by atoms with Crippen LogP contribution >= 0.6 is 11.8 Å². The summed E-state index contributed by atoms with van der Waals surface area (Å²) in [5.41, 5.74) is 2.04. The van der Waals surface area contributed by atoms with Crippen molar-refractivity contribution in [3.8, 4) is 11.5 Å². The van der Waals surface area contributed by atoms with Crippen LogP contribution in [0.3, 0.4) is 0 Å². The summed E-state index contributed by atoms with van der Waals surface area (Å²) in [5, 5.41) is 0.